The first-order valence-corrected chi connectivity index (χ1v) is 5.17. The van der Waals surface area contributed by atoms with Gasteiger partial charge in [-0.05, 0) is 12.1 Å². The molecule has 0 saturated heterocycles. The lowest BCUT2D eigenvalue weighted by Gasteiger charge is -2.09. The summed E-state index contributed by atoms with van der Waals surface area (Å²) in [6.07, 6.45) is 0. The van der Waals surface area contributed by atoms with Crippen LogP contribution in [0.3, 0.4) is 0 Å². The summed E-state index contributed by atoms with van der Waals surface area (Å²) in [5.74, 6) is -2.61. The van der Waals surface area contributed by atoms with Crippen LogP contribution in [0.25, 0.3) is 0 Å². The summed E-state index contributed by atoms with van der Waals surface area (Å²) in [6.45, 7) is 0. The van der Waals surface area contributed by atoms with Crippen molar-refractivity contribution in [1.29, 1.82) is 0 Å². The Balaban J connectivity index is 2.38. The molecule has 0 aliphatic carbocycles. The summed E-state index contributed by atoms with van der Waals surface area (Å²) in [5.41, 5.74) is 0.0672. The third kappa shape index (κ3) is 2.37. The lowest BCUT2D eigenvalue weighted by molar-refractivity contribution is 0.579. The molecule has 1 aromatic heterocycles. The first kappa shape index (κ1) is 12.2. The third-order valence-corrected chi connectivity index (χ3v) is 2.29. The maximum Gasteiger partial charge on any atom is 0.169 e. The van der Waals surface area contributed by atoms with Gasteiger partial charge in [-0.25, -0.2) is 18.2 Å². The third-order valence-electron chi connectivity index (χ3n) is 2.29. The number of rotatable bonds is 3. The normalized spacial score (nSPS) is 10.2. The van der Waals surface area contributed by atoms with Gasteiger partial charge in [-0.3, -0.25) is 0 Å². The van der Waals surface area contributed by atoms with E-state index < -0.39 is 17.5 Å². The maximum absolute atomic E-state index is 13.5. The van der Waals surface area contributed by atoms with Crippen molar-refractivity contribution < 1.29 is 13.2 Å². The Bertz CT molecular complexity index is 572. The standard InChI is InChI=1S/C12H10F3N3/c1-16-11-8(14)6-9(15)12(18-11)17-10-5-3-2-4-7(10)13/h2-6H,1H3,(H2,16,17,18). The van der Waals surface area contributed by atoms with Crippen molar-refractivity contribution in [1.82, 2.24) is 4.98 Å². The van der Waals surface area contributed by atoms with Crippen LogP contribution in [0.15, 0.2) is 30.3 Å². The van der Waals surface area contributed by atoms with Crippen molar-refractivity contribution in [2.45, 2.75) is 0 Å². The minimum Gasteiger partial charge on any atom is -0.371 e. The Hall–Kier alpha value is -2.24. The number of pyridine rings is 1. The highest BCUT2D eigenvalue weighted by molar-refractivity contribution is 5.59. The molecule has 3 nitrogen and oxygen atoms in total. The lowest BCUT2D eigenvalue weighted by atomic mass is 10.3. The summed E-state index contributed by atoms with van der Waals surface area (Å²) in [7, 11) is 1.45. The molecule has 1 aromatic carbocycles. The van der Waals surface area contributed by atoms with E-state index >= 15 is 0 Å². The highest BCUT2D eigenvalue weighted by Crippen LogP contribution is 2.23. The predicted molar refractivity (Wildman–Crippen MR) is 63.4 cm³/mol. The molecule has 0 radical (unpaired) electrons. The highest BCUT2D eigenvalue weighted by atomic mass is 19.1. The Morgan fingerprint density at radius 2 is 1.61 bits per heavy atom. The quantitative estimate of drug-likeness (QED) is 0.881. The second-order valence-electron chi connectivity index (χ2n) is 3.50. The molecule has 0 spiro atoms. The van der Waals surface area contributed by atoms with E-state index in [0.29, 0.717) is 6.07 Å². The second kappa shape index (κ2) is 4.95. The number of aromatic nitrogens is 1. The lowest BCUT2D eigenvalue weighted by Crippen LogP contribution is -2.04. The maximum atomic E-state index is 13.5. The number of halogens is 3. The van der Waals surface area contributed by atoms with Crippen LogP contribution in [0, 0.1) is 17.5 Å². The number of hydrogen-bond acceptors (Lipinski definition) is 3. The number of benzene rings is 1. The minimum atomic E-state index is -0.894. The molecular formula is C12H10F3N3. The summed E-state index contributed by atoms with van der Waals surface area (Å²) in [6, 6.07) is 6.43. The molecule has 1 heterocycles. The molecule has 0 aliphatic rings. The van der Waals surface area contributed by atoms with Crippen molar-refractivity contribution in [2.24, 2.45) is 0 Å². The molecule has 18 heavy (non-hydrogen) atoms. The summed E-state index contributed by atoms with van der Waals surface area (Å²) < 4.78 is 40.0. The van der Waals surface area contributed by atoms with Crippen LogP contribution in [-0.2, 0) is 0 Å². The average molecular weight is 253 g/mol. The van der Waals surface area contributed by atoms with Gasteiger partial charge in [-0.15, -0.1) is 0 Å². The molecule has 0 bridgehead atoms. The number of para-hydroxylation sites is 1. The number of hydrogen-bond donors (Lipinski definition) is 2. The van der Waals surface area contributed by atoms with Crippen LogP contribution >= 0.6 is 0 Å². The number of nitrogens with zero attached hydrogens (tertiary/aromatic N) is 1. The number of anilines is 3. The van der Waals surface area contributed by atoms with Crippen molar-refractivity contribution >= 4 is 17.3 Å². The van der Waals surface area contributed by atoms with Gasteiger partial charge in [-0.2, -0.15) is 0 Å². The molecule has 0 saturated carbocycles. The van der Waals surface area contributed by atoms with E-state index in [2.05, 4.69) is 15.6 Å². The zero-order valence-electron chi connectivity index (χ0n) is 9.47. The van der Waals surface area contributed by atoms with E-state index in [1.165, 1.54) is 25.2 Å². The van der Waals surface area contributed by atoms with E-state index in [9.17, 15) is 13.2 Å². The second-order valence-corrected chi connectivity index (χ2v) is 3.50. The Kier molecular flexibility index (Phi) is 3.36. The van der Waals surface area contributed by atoms with Crippen LogP contribution < -0.4 is 10.6 Å². The predicted octanol–water partition coefficient (Wildman–Crippen LogP) is 3.28. The zero-order valence-corrected chi connectivity index (χ0v) is 9.47. The van der Waals surface area contributed by atoms with Gasteiger partial charge in [0.25, 0.3) is 0 Å². The van der Waals surface area contributed by atoms with Gasteiger partial charge < -0.3 is 10.6 Å². The molecule has 2 rings (SSSR count). The van der Waals surface area contributed by atoms with E-state index in [1.54, 1.807) is 6.07 Å². The van der Waals surface area contributed by atoms with Crippen LogP contribution in [-0.4, -0.2) is 12.0 Å². The van der Waals surface area contributed by atoms with Crippen molar-refractivity contribution in [3.05, 3.63) is 47.8 Å². The molecule has 2 N–H and O–H groups in total. The minimum absolute atomic E-state index is 0.0672. The Morgan fingerprint density at radius 3 is 2.28 bits per heavy atom. The van der Waals surface area contributed by atoms with E-state index in [1.807, 2.05) is 0 Å². The zero-order chi connectivity index (χ0) is 13.1. The van der Waals surface area contributed by atoms with Crippen LogP contribution in [0.5, 0.6) is 0 Å². The molecule has 6 heteroatoms. The van der Waals surface area contributed by atoms with Gasteiger partial charge in [0, 0.05) is 13.1 Å². The van der Waals surface area contributed by atoms with Crippen LogP contribution in [0.1, 0.15) is 0 Å². The molecule has 0 amide bonds. The van der Waals surface area contributed by atoms with Gasteiger partial charge in [0.05, 0.1) is 5.69 Å². The average Bonchev–Trinajstić information content (AvgIpc) is 2.35. The number of nitrogens with one attached hydrogen (secondary N) is 2. The molecule has 0 fully saturated rings. The molecule has 2 aromatic rings. The summed E-state index contributed by atoms with van der Waals surface area (Å²) in [4.78, 5) is 3.69. The van der Waals surface area contributed by atoms with Gasteiger partial charge in [-0.1, -0.05) is 12.1 Å². The van der Waals surface area contributed by atoms with E-state index in [-0.39, 0.29) is 17.3 Å². The van der Waals surface area contributed by atoms with Gasteiger partial charge in [0.1, 0.15) is 5.82 Å². The topological polar surface area (TPSA) is 37.0 Å². The Labute approximate surface area is 102 Å². The highest BCUT2D eigenvalue weighted by Gasteiger charge is 2.12. The molecule has 0 aliphatic heterocycles. The fourth-order valence-electron chi connectivity index (χ4n) is 1.42. The van der Waals surface area contributed by atoms with Crippen molar-refractivity contribution in [2.75, 3.05) is 17.7 Å². The largest absolute Gasteiger partial charge is 0.371 e. The van der Waals surface area contributed by atoms with Gasteiger partial charge >= 0.3 is 0 Å². The Morgan fingerprint density at radius 1 is 0.944 bits per heavy atom. The van der Waals surface area contributed by atoms with Crippen molar-refractivity contribution in [3.63, 3.8) is 0 Å². The molecule has 0 unspecified atom stereocenters. The first-order chi connectivity index (χ1) is 8.61. The van der Waals surface area contributed by atoms with Crippen LogP contribution in [0.4, 0.5) is 30.5 Å². The van der Waals surface area contributed by atoms with E-state index in [0.717, 1.165) is 0 Å². The summed E-state index contributed by atoms with van der Waals surface area (Å²) >= 11 is 0. The molecular weight excluding hydrogens is 243 g/mol. The van der Waals surface area contributed by atoms with Gasteiger partial charge in [0.2, 0.25) is 0 Å². The fraction of sp³-hybridized carbons (Fsp3) is 0.0833. The monoisotopic (exact) mass is 253 g/mol. The molecule has 94 valence electrons. The van der Waals surface area contributed by atoms with Crippen LogP contribution in [0.2, 0.25) is 0 Å². The SMILES string of the molecule is CNc1nc(Nc2ccccc2F)c(F)cc1F. The van der Waals surface area contributed by atoms with Gasteiger partial charge in [0.15, 0.2) is 23.3 Å². The van der Waals surface area contributed by atoms with E-state index in [4.69, 9.17) is 0 Å². The smallest absolute Gasteiger partial charge is 0.169 e. The first-order valence-electron chi connectivity index (χ1n) is 5.17. The fourth-order valence-corrected chi connectivity index (χ4v) is 1.42. The van der Waals surface area contributed by atoms with Crippen molar-refractivity contribution in [3.8, 4) is 0 Å². The molecule has 0 atom stereocenters. The summed E-state index contributed by atoms with van der Waals surface area (Å²) in [5, 5.41) is 4.95.